The highest BCUT2D eigenvalue weighted by Crippen LogP contribution is 2.18. The van der Waals surface area contributed by atoms with Crippen molar-refractivity contribution in [1.29, 1.82) is 0 Å². The third-order valence-corrected chi connectivity index (χ3v) is 6.32. The molecule has 1 aromatic heterocycles. The smallest absolute Gasteiger partial charge is 0.0798 e. The van der Waals surface area contributed by atoms with Gasteiger partial charge >= 0.3 is 0 Å². The van der Waals surface area contributed by atoms with E-state index in [1.54, 1.807) is 0 Å². The van der Waals surface area contributed by atoms with E-state index in [1.807, 2.05) is 0 Å². The molecule has 0 fully saturated rings. The number of rotatable bonds is 8. The Kier molecular flexibility index (Phi) is 6.15. The summed E-state index contributed by atoms with van der Waals surface area (Å²) in [6.07, 6.45) is 7.81. The second kappa shape index (κ2) is 9.35. The van der Waals surface area contributed by atoms with Crippen LogP contribution in [0.1, 0.15) is 44.2 Å². The predicted molar refractivity (Wildman–Crippen MR) is 133 cm³/mol. The molecule has 2 heterocycles. The SMILES string of the molecule is CCCNCc1ccc2c(c1)=CC1=c3cc4cc(CNCCC)ccc4nc3=CCC1N=2. The Labute approximate surface area is 189 Å². The van der Waals surface area contributed by atoms with Crippen LogP contribution in [0.25, 0.3) is 28.6 Å². The lowest BCUT2D eigenvalue weighted by atomic mass is 9.93. The molecular weight excluding hydrogens is 392 g/mol. The lowest BCUT2D eigenvalue weighted by Gasteiger charge is -2.20. The molecule has 0 radical (unpaired) electrons. The van der Waals surface area contributed by atoms with Crippen molar-refractivity contribution in [2.24, 2.45) is 4.99 Å². The number of benzene rings is 2. The van der Waals surface area contributed by atoms with Crippen molar-refractivity contribution in [3.63, 3.8) is 0 Å². The lowest BCUT2D eigenvalue weighted by molar-refractivity contribution is 0.675. The maximum absolute atomic E-state index is 5.09. The molecule has 1 aliphatic heterocycles. The summed E-state index contributed by atoms with van der Waals surface area (Å²) >= 11 is 0. The fraction of sp³-hybridized carbons (Fsp3) is 0.357. The third kappa shape index (κ3) is 4.25. The van der Waals surface area contributed by atoms with Crippen molar-refractivity contribution in [3.8, 4) is 0 Å². The molecule has 4 heteroatoms. The van der Waals surface area contributed by atoms with Crippen LogP contribution in [0.3, 0.4) is 0 Å². The van der Waals surface area contributed by atoms with Gasteiger partial charge < -0.3 is 10.6 Å². The minimum atomic E-state index is 0.188. The zero-order valence-electron chi connectivity index (χ0n) is 19.1. The minimum absolute atomic E-state index is 0.188. The monoisotopic (exact) mass is 424 g/mol. The van der Waals surface area contributed by atoms with E-state index in [9.17, 15) is 0 Å². The molecule has 164 valence electrons. The van der Waals surface area contributed by atoms with Crippen molar-refractivity contribution >= 4 is 28.6 Å². The Bertz CT molecular complexity index is 1390. The van der Waals surface area contributed by atoms with Gasteiger partial charge in [-0.05, 0) is 85.5 Å². The van der Waals surface area contributed by atoms with Gasteiger partial charge in [0.15, 0.2) is 0 Å². The standard InChI is InChI=1S/C28H32N4/c1-3-11-29-17-19-5-7-25-21(13-19)15-23-24-16-22-14-20(18-30-12-4-2)6-8-26(22)32-28(24)10-9-27(23)31-25/h5-9,13-16,28-30H,3-4,10-12,17-18H2,1-2H3. The van der Waals surface area contributed by atoms with Gasteiger partial charge in [-0.15, -0.1) is 0 Å². The van der Waals surface area contributed by atoms with Gasteiger partial charge in [0, 0.05) is 28.9 Å². The Balaban J connectivity index is 1.59. The van der Waals surface area contributed by atoms with Crippen LogP contribution in [-0.2, 0) is 13.1 Å². The van der Waals surface area contributed by atoms with Crippen molar-refractivity contribution in [2.45, 2.75) is 52.2 Å². The first kappa shape index (κ1) is 21.0. The molecule has 5 rings (SSSR count). The second-order valence-electron chi connectivity index (χ2n) is 8.88. The molecule has 4 nitrogen and oxygen atoms in total. The van der Waals surface area contributed by atoms with Crippen molar-refractivity contribution in [3.05, 3.63) is 74.7 Å². The highest BCUT2D eigenvalue weighted by molar-refractivity contribution is 5.86. The Morgan fingerprint density at radius 1 is 0.906 bits per heavy atom. The molecule has 2 aromatic carbocycles. The van der Waals surface area contributed by atoms with E-state index in [4.69, 9.17) is 9.98 Å². The molecule has 2 N–H and O–H groups in total. The second-order valence-corrected chi connectivity index (χ2v) is 8.88. The van der Waals surface area contributed by atoms with Gasteiger partial charge in [-0.25, -0.2) is 4.98 Å². The molecule has 1 aliphatic carbocycles. The first-order valence-electron chi connectivity index (χ1n) is 12.0. The summed E-state index contributed by atoms with van der Waals surface area (Å²) < 4.78 is 0. The van der Waals surface area contributed by atoms with Crippen LogP contribution in [-0.4, -0.2) is 24.1 Å². The fourth-order valence-corrected chi connectivity index (χ4v) is 4.67. The maximum Gasteiger partial charge on any atom is 0.0798 e. The molecule has 2 aliphatic rings. The first-order chi connectivity index (χ1) is 15.7. The summed E-state index contributed by atoms with van der Waals surface area (Å²) in [5, 5.41) is 12.9. The molecule has 0 saturated heterocycles. The Hall–Kier alpha value is -2.82. The number of aromatic nitrogens is 1. The summed E-state index contributed by atoms with van der Waals surface area (Å²) in [6.45, 7) is 8.28. The number of fused-ring (bicyclic) bond motifs is 4. The van der Waals surface area contributed by atoms with E-state index in [1.165, 1.54) is 32.5 Å². The van der Waals surface area contributed by atoms with E-state index in [0.29, 0.717) is 0 Å². The molecule has 1 atom stereocenters. The topological polar surface area (TPSA) is 49.3 Å². The number of pyridine rings is 1. The third-order valence-electron chi connectivity index (χ3n) is 6.32. The molecule has 0 spiro atoms. The largest absolute Gasteiger partial charge is 0.313 e. The zero-order valence-corrected chi connectivity index (χ0v) is 19.1. The normalized spacial score (nSPS) is 16.4. The van der Waals surface area contributed by atoms with E-state index in [-0.39, 0.29) is 6.04 Å². The lowest BCUT2D eigenvalue weighted by Crippen LogP contribution is -2.41. The van der Waals surface area contributed by atoms with Gasteiger partial charge in [0.2, 0.25) is 0 Å². The van der Waals surface area contributed by atoms with Crippen LogP contribution in [0.5, 0.6) is 0 Å². The highest BCUT2D eigenvalue weighted by atomic mass is 14.8. The number of hydrogen-bond donors (Lipinski definition) is 2. The van der Waals surface area contributed by atoms with Gasteiger partial charge in [-0.3, -0.25) is 4.99 Å². The van der Waals surface area contributed by atoms with E-state index in [2.05, 4.69) is 79.1 Å². The quantitative estimate of drug-likeness (QED) is 0.544. The van der Waals surface area contributed by atoms with Gasteiger partial charge in [0.25, 0.3) is 0 Å². The van der Waals surface area contributed by atoms with Crippen LogP contribution in [0, 0.1) is 0 Å². The van der Waals surface area contributed by atoms with E-state index in [0.717, 1.165) is 61.7 Å². The maximum atomic E-state index is 5.09. The van der Waals surface area contributed by atoms with Crippen LogP contribution < -0.4 is 31.8 Å². The van der Waals surface area contributed by atoms with Crippen LogP contribution in [0.4, 0.5) is 0 Å². The summed E-state index contributed by atoms with van der Waals surface area (Å²) in [5.41, 5.74) is 4.99. The summed E-state index contributed by atoms with van der Waals surface area (Å²) in [6, 6.07) is 15.8. The molecule has 0 saturated carbocycles. The van der Waals surface area contributed by atoms with Crippen LogP contribution >= 0.6 is 0 Å². The molecule has 3 aromatic rings. The Morgan fingerprint density at radius 2 is 1.66 bits per heavy atom. The first-order valence-corrected chi connectivity index (χ1v) is 12.0. The number of nitrogens with zero attached hydrogens (tertiary/aromatic N) is 2. The average molecular weight is 425 g/mol. The van der Waals surface area contributed by atoms with Crippen molar-refractivity contribution in [1.82, 2.24) is 15.6 Å². The fourth-order valence-electron chi connectivity index (χ4n) is 4.67. The summed E-state index contributed by atoms with van der Waals surface area (Å²) in [4.78, 5) is 10.1. The zero-order chi connectivity index (χ0) is 21.9. The highest BCUT2D eigenvalue weighted by Gasteiger charge is 2.19. The molecule has 0 amide bonds. The summed E-state index contributed by atoms with van der Waals surface area (Å²) in [7, 11) is 0. The molecule has 1 unspecified atom stereocenters. The van der Waals surface area contributed by atoms with Gasteiger partial charge in [0.1, 0.15) is 0 Å². The Morgan fingerprint density at radius 3 is 2.44 bits per heavy atom. The number of nitrogens with one attached hydrogen (secondary N) is 2. The minimum Gasteiger partial charge on any atom is -0.313 e. The summed E-state index contributed by atoms with van der Waals surface area (Å²) in [5.74, 6) is 0. The van der Waals surface area contributed by atoms with E-state index >= 15 is 0 Å². The predicted octanol–water partition coefficient (Wildman–Crippen LogP) is 2.05. The molecule has 32 heavy (non-hydrogen) atoms. The van der Waals surface area contributed by atoms with Gasteiger partial charge in [-0.1, -0.05) is 32.1 Å². The molecular formula is C28H32N4. The van der Waals surface area contributed by atoms with E-state index < -0.39 is 0 Å². The average Bonchev–Trinajstić information content (AvgIpc) is 2.82. The molecule has 0 bridgehead atoms. The van der Waals surface area contributed by atoms with Crippen LogP contribution in [0.2, 0.25) is 0 Å². The van der Waals surface area contributed by atoms with Gasteiger partial charge in [0.05, 0.1) is 22.3 Å². The van der Waals surface area contributed by atoms with Crippen molar-refractivity contribution in [2.75, 3.05) is 13.1 Å². The van der Waals surface area contributed by atoms with Crippen molar-refractivity contribution < 1.29 is 0 Å². The van der Waals surface area contributed by atoms with Gasteiger partial charge in [-0.2, -0.15) is 0 Å². The number of hydrogen-bond acceptors (Lipinski definition) is 4. The van der Waals surface area contributed by atoms with Crippen LogP contribution in [0.15, 0.2) is 47.5 Å².